The van der Waals surface area contributed by atoms with Crippen LogP contribution in [-0.4, -0.2) is 77.1 Å². The monoisotopic (exact) mass is 548 g/mol. The zero-order valence-electron chi connectivity index (χ0n) is 22.7. The van der Waals surface area contributed by atoms with Gasteiger partial charge in [0.15, 0.2) is 5.82 Å². The van der Waals surface area contributed by atoms with E-state index in [2.05, 4.69) is 35.4 Å². The average Bonchev–Trinajstić information content (AvgIpc) is 2.96. The van der Waals surface area contributed by atoms with E-state index >= 15 is 4.39 Å². The molecule has 6 rings (SSSR count). The number of nitrogens with zero attached hydrogens (tertiary/aromatic N) is 6. The summed E-state index contributed by atoms with van der Waals surface area (Å²) in [5, 5.41) is 6.64. The number of rotatable bonds is 6. The molecule has 11 nitrogen and oxygen atoms in total. The first kappa shape index (κ1) is 26.3. The summed E-state index contributed by atoms with van der Waals surface area (Å²) in [6.45, 7) is 8.77. The van der Waals surface area contributed by atoms with Gasteiger partial charge in [0.25, 0.3) is 5.91 Å². The largest absolute Gasteiger partial charge is 0.379 e. The molecule has 0 saturated carbocycles. The number of aryl methyl sites for hydroxylation is 1. The molecule has 1 aromatic carbocycles. The highest BCUT2D eigenvalue weighted by Gasteiger charge is 2.25. The first-order valence-electron chi connectivity index (χ1n) is 13.8. The Morgan fingerprint density at radius 2 is 2.05 bits per heavy atom. The lowest BCUT2D eigenvalue weighted by Crippen LogP contribution is -2.46. The molecule has 0 radical (unpaired) electrons. The van der Waals surface area contributed by atoms with E-state index in [0.29, 0.717) is 47.8 Å². The number of piperazine rings is 1. The Morgan fingerprint density at radius 3 is 2.77 bits per heavy atom. The van der Waals surface area contributed by atoms with Crippen molar-refractivity contribution in [2.75, 3.05) is 49.6 Å². The Bertz CT molecular complexity index is 1540. The van der Waals surface area contributed by atoms with Crippen LogP contribution in [0.4, 0.5) is 21.6 Å². The molecule has 0 aliphatic carbocycles. The summed E-state index contributed by atoms with van der Waals surface area (Å²) in [6, 6.07) is 5.55. The number of aromatic nitrogens is 3. The molecule has 0 unspecified atom stereocenters. The van der Waals surface area contributed by atoms with Crippen molar-refractivity contribution in [2.24, 2.45) is 4.99 Å². The molecule has 2 fully saturated rings. The molecule has 210 valence electrons. The van der Waals surface area contributed by atoms with Gasteiger partial charge in [-0.2, -0.15) is 4.98 Å². The lowest BCUT2D eigenvalue weighted by atomic mass is 10.1. The Morgan fingerprint density at radius 1 is 1.23 bits per heavy atom. The van der Waals surface area contributed by atoms with E-state index in [1.807, 2.05) is 19.9 Å². The highest BCUT2D eigenvalue weighted by Crippen LogP contribution is 2.36. The van der Waals surface area contributed by atoms with E-state index in [0.717, 1.165) is 57.0 Å². The average molecular weight is 549 g/mol. The van der Waals surface area contributed by atoms with E-state index in [9.17, 15) is 9.59 Å². The Labute approximate surface area is 231 Å². The summed E-state index contributed by atoms with van der Waals surface area (Å²) in [4.78, 5) is 42.6. The normalized spacial score (nSPS) is 19.1. The maximum atomic E-state index is 15.6. The minimum Gasteiger partial charge on any atom is -0.379 e. The van der Waals surface area contributed by atoms with Gasteiger partial charge >= 0.3 is 5.69 Å². The second-order valence-electron chi connectivity index (χ2n) is 10.4. The van der Waals surface area contributed by atoms with Crippen molar-refractivity contribution in [1.82, 2.24) is 24.8 Å². The van der Waals surface area contributed by atoms with Gasteiger partial charge < -0.3 is 20.3 Å². The standard InChI is InChI=1S/C28H33FN8O3/c1-3-37-26-23-21(30-16-31-26)13-18(24(29)25(23)34-28(37)39)14-35-8-10-36(11-9-35)22-7-6-20(32-17(22)2)27(38)33-19-5-4-12-40-15-19/h6-7,13,16,19H,3-5,8-12,14-15H2,1-2H3,(H,30,31)(H,33,38)/t19-/m1/s1. The SMILES string of the molecule is CCn1c2c3c(cc(CN4CCN(c5ccc(C(=O)N[C@@H]6CCCOC6)nc5C)CC4)c(F)c3nc1=O)NC=N2. The number of nitrogens with one attached hydrogen (secondary N) is 2. The van der Waals surface area contributed by atoms with Gasteiger partial charge in [-0.1, -0.05) is 0 Å². The number of hydrogen-bond donors (Lipinski definition) is 2. The second-order valence-corrected chi connectivity index (χ2v) is 10.4. The zero-order valence-corrected chi connectivity index (χ0v) is 22.7. The highest BCUT2D eigenvalue weighted by molar-refractivity contribution is 6.06. The second kappa shape index (κ2) is 10.9. The molecule has 12 heteroatoms. The van der Waals surface area contributed by atoms with Gasteiger partial charge in [-0.3, -0.25) is 14.3 Å². The molecule has 3 aliphatic rings. The summed E-state index contributed by atoms with van der Waals surface area (Å²) in [6.07, 6.45) is 3.39. The van der Waals surface area contributed by atoms with Crippen LogP contribution in [0.15, 0.2) is 28.0 Å². The number of carbonyl (C=O) groups is 1. The minimum absolute atomic E-state index is 0.0271. The van der Waals surface area contributed by atoms with Crippen LogP contribution in [-0.2, 0) is 17.8 Å². The first-order valence-corrected chi connectivity index (χ1v) is 13.8. The molecule has 2 saturated heterocycles. The van der Waals surface area contributed by atoms with Crippen LogP contribution in [0, 0.1) is 12.7 Å². The van der Waals surface area contributed by atoms with Crippen LogP contribution in [0.3, 0.4) is 0 Å². The number of carbonyl (C=O) groups excluding carboxylic acids is 1. The molecule has 2 aromatic heterocycles. The highest BCUT2D eigenvalue weighted by atomic mass is 19.1. The predicted octanol–water partition coefficient (Wildman–Crippen LogP) is 2.58. The van der Waals surface area contributed by atoms with E-state index in [4.69, 9.17) is 4.74 Å². The van der Waals surface area contributed by atoms with Crippen molar-refractivity contribution >= 4 is 40.3 Å². The maximum Gasteiger partial charge on any atom is 0.349 e. The predicted molar refractivity (Wildman–Crippen MR) is 151 cm³/mol. The van der Waals surface area contributed by atoms with Crippen molar-refractivity contribution in [1.29, 1.82) is 0 Å². The lowest BCUT2D eigenvalue weighted by molar-refractivity contribution is 0.0622. The number of halogens is 1. The third-order valence-electron chi connectivity index (χ3n) is 7.85. The van der Waals surface area contributed by atoms with Crippen molar-refractivity contribution in [3.05, 3.63) is 51.5 Å². The van der Waals surface area contributed by atoms with Gasteiger partial charge in [0.2, 0.25) is 0 Å². The lowest BCUT2D eigenvalue weighted by Gasteiger charge is -2.36. The fraction of sp³-hybridized carbons (Fsp3) is 0.464. The molecule has 0 spiro atoms. The van der Waals surface area contributed by atoms with E-state index < -0.39 is 11.5 Å². The summed E-state index contributed by atoms with van der Waals surface area (Å²) in [5.74, 6) is -0.224. The van der Waals surface area contributed by atoms with Crippen molar-refractivity contribution in [3.8, 4) is 0 Å². The van der Waals surface area contributed by atoms with Gasteiger partial charge in [0.1, 0.15) is 17.0 Å². The smallest absolute Gasteiger partial charge is 0.349 e. The summed E-state index contributed by atoms with van der Waals surface area (Å²) in [5.41, 5.74) is 2.94. The summed E-state index contributed by atoms with van der Waals surface area (Å²) >= 11 is 0. The molecule has 2 N–H and O–H groups in total. The first-order chi connectivity index (χ1) is 19.4. The van der Waals surface area contributed by atoms with Gasteiger partial charge in [-0.05, 0) is 44.9 Å². The van der Waals surface area contributed by atoms with Crippen LogP contribution in [0.2, 0.25) is 0 Å². The molecule has 1 amide bonds. The molecule has 40 heavy (non-hydrogen) atoms. The zero-order chi connectivity index (χ0) is 27.8. The van der Waals surface area contributed by atoms with Crippen LogP contribution in [0.25, 0.3) is 10.9 Å². The van der Waals surface area contributed by atoms with E-state index in [-0.39, 0.29) is 17.5 Å². The number of ether oxygens (including phenoxy) is 1. The quantitative estimate of drug-likeness (QED) is 0.483. The van der Waals surface area contributed by atoms with Crippen LogP contribution >= 0.6 is 0 Å². The van der Waals surface area contributed by atoms with Gasteiger partial charge in [-0.15, -0.1) is 0 Å². The molecule has 3 aliphatic heterocycles. The number of aliphatic imine (C=N–C) groups is 1. The number of benzene rings is 1. The molecule has 1 atom stereocenters. The van der Waals surface area contributed by atoms with Gasteiger partial charge in [-0.25, -0.2) is 19.2 Å². The topological polar surface area (TPSA) is 117 Å². The molecular formula is C28H33FN8O3. The molecule has 5 heterocycles. The number of anilines is 2. The van der Waals surface area contributed by atoms with Crippen molar-refractivity contribution in [2.45, 2.75) is 45.8 Å². The molecular weight excluding hydrogens is 515 g/mol. The summed E-state index contributed by atoms with van der Waals surface area (Å²) < 4.78 is 22.5. The third-order valence-corrected chi connectivity index (χ3v) is 7.85. The van der Waals surface area contributed by atoms with Crippen LogP contribution in [0.1, 0.15) is 41.5 Å². The van der Waals surface area contributed by atoms with Crippen LogP contribution < -0.4 is 21.2 Å². The van der Waals surface area contributed by atoms with Gasteiger partial charge in [0, 0.05) is 51.4 Å². The Hall–Kier alpha value is -3.90. The molecule has 0 bridgehead atoms. The Balaban J connectivity index is 1.13. The van der Waals surface area contributed by atoms with Gasteiger partial charge in [0.05, 0.1) is 41.4 Å². The third kappa shape index (κ3) is 4.92. The fourth-order valence-electron chi connectivity index (χ4n) is 5.74. The fourth-order valence-corrected chi connectivity index (χ4v) is 5.74. The van der Waals surface area contributed by atoms with E-state index in [1.165, 1.54) is 10.9 Å². The maximum absolute atomic E-state index is 15.6. The Kier molecular flexibility index (Phi) is 7.20. The molecule has 3 aromatic rings. The number of pyridine rings is 1. The summed E-state index contributed by atoms with van der Waals surface area (Å²) in [7, 11) is 0. The van der Waals surface area contributed by atoms with Crippen LogP contribution in [0.5, 0.6) is 0 Å². The van der Waals surface area contributed by atoms with Crippen molar-refractivity contribution in [3.63, 3.8) is 0 Å². The minimum atomic E-state index is -0.504. The number of hydrogen-bond acceptors (Lipinski definition) is 9. The van der Waals surface area contributed by atoms with Crippen molar-refractivity contribution < 1.29 is 13.9 Å². The van der Waals surface area contributed by atoms with E-state index in [1.54, 1.807) is 12.1 Å². The number of amides is 1.